The molecular formula is C19H20O3S2. The topological polar surface area (TPSA) is 43.4 Å². The first-order valence-corrected chi connectivity index (χ1v) is 10.1. The van der Waals surface area contributed by atoms with Crippen LogP contribution in [-0.2, 0) is 11.2 Å². The molecule has 2 aromatic rings. The van der Waals surface area contributed by atoms with Gasteiger partial charge in [-0.2, -0.15) is 0 Å². The van der Waals surface area contributed by atoms with Gasteiger partial charge >= 0.3 is 5.97 Å². The lowest BCUT2D eigenvalue weighted by Gasteiger charge is -2.23. The molecule has 1 aromatic carbocycles. The highest BCUT2D eigenvalue weighted by Crippen LogP contribution is 2.43. The summed E-state index contributed by atoms with van der Waals surface area (Å²) in [4.78, 5) is 25.7. The number of esters is 1. The van der Waals surface area contributed by atoms with Crippen molar-refractivity contribution in [2.24, 2.45) is 0 Å². The number of thiophene rings is 1. The molecule has 1 atom stereocenters. The second-order valence-corrected chi connectivity index (χ2v) is 8.03. The highest BCUT2D eigenvalue weighted by atomic mass is 32.2. The summed E-state index contributed by atoms with van der Waals surface area (Å²) in [6.45, 7) is 4.19. The normalized spacial score (nSPS) is 16.8. The van der Waals surface area contributed by atoms with E-state index in [2.05, 4.69) is 31.2 Å². The highest BCUT2D eigenvalue weighted by Gasteiger charge is 2.34. The van der Waals surface area contributed by atoms with Crippen LogP contribution in [0.2, 0.25) is 0 Å². The number of carbonyl (C=O) groups is 2. The third-order valence-corrected chi connectivity index (χ3v) is 6.66. The molecule has 1 aliphatic rings. The van der Waals surface area contributed by atoms with Crippen LogP contribution >= 0.6 is 23.1 Å². The fourth-order valence-corrected chi connectivity index (χ4v) is 5.14. The quantitative estimate of drug-likeness (QED) is 0.576. The Morgan fingerprint density at radius 1 is 1.29 bits per heavy atom. The molecule has 0 aliphatic heterocycles. The molecule has 0 spiro atoms. The van der Waals surface area contributed by atoms with Crippen molar-refractivity contribution in [1.29, 1.82) is 0 Å². The van der Waals surface area contributed by atoms with Crippen LogP contribution in [0.5, 0.6) is 0 Å². The maximum atomic E-state index is 12.8. The summed E-state index contributed by atoms with van der Waals surface area (Å²) in [7, 11) is 0. The van der Waals surface area contributed by atoms with Crippen LogP contribution in [0.25, 0.3) is 0 Å². The number of aryl methyl sites for hydroxylation is 1. The van der Waals surface area contributed by atoms with Crippen LogP contribution in [0.3, 0.4) is 0 Å². The van der Waals surface area contributed by atoms with E-state index in [0.717, 1.165) is 27.3 Å². The number of thioether (sulfide) groups is 1. The van der Waals surface area contributed by atoms with Gasteiger partial charge in [0, 0.05) is 12.0 Å². The Bertz CT molecular complexity index is 775. The minimum Gasteiger partial charge on any atom is -0.462 e. The lowest BCUT2D eigenvalue weighted by Crippen LogP contribution is -2.20. The second kappa shape index (κ2) is 7.11. The molecule has 3 nitrogen and oxygen atoms in total. The van der Waals surface area contributed by atoms with Gasteiger partial charge in [0.1, 0.15) is 4.88 Å². The van der Waals surface area contributed by atoms with Crippen molar-refractivity contribution in [3.05, 3.63) is 51.4 Å². The molecule has 5 heteroatoms. The number of ether oxygens (including phenoxy) is 1. The van der Waals surface area contributed by atoms with Crippen LogP contribution in [0.1, 0.15) is 56.0 Å². The average molecular weight is 361 g/mol. The Hall–Kier alpha value is -1.59. The van der Waals surface area contributed by atoms with E-state index >= 15 is 0 Å². The fourth-order valence-electron chi connectivity index (χ4n) is 3.14. The molecule has 0 fully saturated rings. The Balaban J connectivity index is 2.01. The van der Waals surface area contributed by atoms with E-state index in [0.29, 0.717) is 17.9 Å². The van der Waals surface area contributed by atoms with Crippen LogP contribution in [-0.4, -0.2) is 24.6 Å². The van der Waals surface area contributed by atoms with Crippen molar-refractivity contribution in [2.75, 3.05) is 12.9 Å². The molecule has 24 heavy (non-hydrogen) atoms. The van der Waals surface area contributed by atoms with Crippen molar-refractivity contribution in [3.8, 4) is 0 Å². The fraction of sp³-hybridized carbons (Fsp3) is 0.368. The van der Waals surface area contributed by atoms with Crippen LogP contribution in [0.15, 0.2) is 28.5 Å². The van der Waals surface area contributed by atoms with E-state index in [9.17, 15) is 9.59 Å². The van der Waals surface area contributed by atoms with Crippen molar-refractivity contribution >= 4 is 34.9 Å². The molecule has 0 bridgehead atoms. The minimum absolute atomic E-state index is 0.128. The number of hydrogen-bond donors (Lipinski definition) is 0. The van der Waals surface area contributed by atoms with Gasteiger partial charge in [0.15, 0.2) is 5.78 Å². The number of Topliss-reactive ketones (excluding diaryl/α,β-unsaturated/α-hetero) is 1. The van der Waals surface area contributed by atoms with Gasteiger partial charge in [-0.15, -0.1) is 23.1 Å². The summed E-state index contributed by atoms with van der Waals surface area (Å²) in [6.07, 6.45) is 3.17. The minimum atomic E-state index is -0.309. The van der Waals surface area contributed by atoms with Crippen molar-refractivity contribution in [1.82, 2.24) is 0 Å². The molecule has 126 valence electrons. The summed E-state index contributed by atoms with van der Waals surface area (Å²) < 4.78 is 6.13. The van der Waals surface area contributed by atoms with Gasteiger partial charge in [-0.3, -0.25) is 4.79 Å². The molecule has 1 heterocycles. The van der Waals surface area contributed by atoms with Gasteiger partial charge in [0.2, 0.25) is 0 Å². The largest absolute Gasteiger partial charge is 0.462 e. The predicted molar refractivity (Wildman–Crippen MR) is 98.6 cm³/mol. The van der Waals surface area contributed by atoms with Crippen molar-refractivity contribution in [2.45, 2.75) is 36.8 Å². The zero-order valence-electron chi connectivity index (χ0n) is 14.0. The van der Waals surface area contributed by atoms with Crippen molar-refractivity contribution < 1.29 is 14.3 Å². The number of fused-ring (bicyclic) bond motifs is 1. The van der Waals surface area contributed by atoms with Gasteiger partial charge in [-0.25, -0.2) is 4.79 Å². The molecule has 0 N–H and O–H groups in total. The SMILES string of the molecule is CCOC(=O)c1sc(SC)c2c1C[C@H](c1ccc(C)cc1)CC2=O. The molecule has 0 saturated carbocycles. The molecule has 1 aromatic heterocycles. The number of rotatable bonds is 4. The molecule has 0 saturated heterocycles. The first-order valence-electron chi connectivity index (χ1n) is 8.01. The van der Waals surface area contributed by atoms with Gasteiger partial charge in [0.25, 0.3) is 0 Å². The summed E-state index contributed by atoms with van der Waals surface area (Å²) in [6, 6.07) is 8.32. The summed E-state index contributed by atoms with van der Waals surface area (Å²) in [5, 5.41) is 0. The Labute approximate surface area is 150 Å². The monoisotopic (exact) mass is 360 g/mol. The molecule has 1 aliphatic carbocycles. The molecule has 3 rings (SSSR count). The third-order valence-electron chi connectivity index (χ3n) is 4.33. The zero-order chi connectivity index (χ0) is 17.3. The van der Waals surface area contributed by atoms with E-state index in [1.165, 1.54) is 28.7 Å². The van der Waals surface area contributed by atoms with Gasteiger partial charge in [0.05, 0.1) is 10.8 Å². The summed E-state index contributed by atoms with van der Waals surface area (Å²) in [5.74, 6) is -0.0440. The maximum absolute atomic E-state index is 12.8. The van der Waals surface area contributed by atoms with E-state index < -0.39 is 0 Å². The van der Waals surface area contributed by atoms with Gasteiger partial charge in [-0.05, 0) is 43.6 Å². The third kappa shape index (κ3) is 3.15. The van der Waals surface area contributed by atoms with Gasteiger partial charge in [-0.1, -0.05) is 29.8 Å². The lowest BCUT2D eigenvalue weighted by atomic mass is 9.80. The first-order chi connectivity index (χ1) is 11.5. The molecule has 0 amide bonds. The van der Waals surface area contributed by atoms with E-state index in [1.54, 1.807) is 6.92 Å². The first kappa shape index (κ1) is 17.2. The van der Waals surface area contributed by atoms with Crippen LogP contribution in [0, 0.1) is 6.92 Å². The standard InChI is InChI=1S/C19H20O3S2/c1-4-22-18(21)17-14-9-13(12-7-5-11(2)6-8-12)10-15(20)16(14)19(23-3)24-17/h5-8,13H,4,9-10H2,1-3H3/t13-/m0/s1. The Morgan fingerprint density at radius 3 is 2.62 bits per heavy atom. The lowest BCUT2D eigenvalue weighted by molar-refractivity contribution is 0.0531. The second-order valence-electron chi connectivity index (χ2n) is 5.94. The summed E-state index contributed by atoms with van der Waals surface area (Å²) in [5.41, 5.74) is 3.99. The van der Waals surface area contributed by atoms with Crippen LogP contribution < -0.4 is 0 Å². The molecule has 0 unspecified atom stereocenters. The molecule has 0 radical (unpaired) electrons. The van der Waals surface area contributed by atoms with E-state index in [4.69, 9.17) is 4.74 Å². The average Bonchev–Trinajstić information content (AvgIpc) is 2.95. The number of hydrogen-bond acceptors (Lipinski definition) is 5. The van der Waals surface area contributed by atoms with Crippen LogP contribution in [0.4, 0.5) is 0 Å². The number of benzene rings is 1. The van der Waals surface area contributed by atoms with Gasteiger partial charge < -0.3 is 4.74 Å². The highest BCUT2D eigenvalue weighted by molar-refractivity contribution is 8.00. The maximum Gasteiger partial charge on any atom is 0.348 e. The number of ketones is 1. The Kier molecular flexibility index (Phi) is 5.11. The zero-order valence-corrected chi connectivity index (χ0v) is 15.7. The predicted octanol–water partition coefficient (Wildman–Crippen LogP) is 4.87. The number of carbonyl (C=O) groups excluding carboxylic acids is 2. The molecular weight excluding hydrogens is 340 g/mol. The van der Waals surface area contributed by atoms with Crippen molar-refractivity contribution in [3.63, 3.8) is 0 Å². The summed E-state index contributed by atoms with van der Waals surface area (Å²) >= 11 is 2.93. The Morgan fingerprint density at radius 2 is 2.00 bits per heavy atom. The van der Waals surface area contributed by atoms with E-state index in [-0.39, 0.29) is 17.7 Å². The van der Waals surface area contributed by atoms with E-state index in [1.807, 2.05) is 6.26 Å². The smallest absolute Gasteiger partial charge is 0.348 e.